The average molecular weight is 414 g/mol. The summed E-state index contributed by atoms with van der Waals surface area (Å²) < 4.78 is 18.3. The fourth-order valence-electron chi connectivity index (χ4n) is 2.65. The molecule has 4 aromatic rings. The van der Waals surface area contributed by atoms with Crippen LogP contribution in [0.15, 0.2) is 51.6 Å². The number of benzene rings is 1. The fraction of sp³-hybridized carbons (Fsp3) is 0.158. The van der Waals surface area contributed by atoms with Gasteiger partial charge in [0.1, 0.15) is 22.0 Å². The molecule has 0 radical (unpaired) electrons. The molecule has 1 N–H and O–H groups in total. The first-order valence-corrected chi connectivity index (χ1v) is 10.2. The highest BCUT2D eigenvalue weighted by atomic mass is 32.2. The molecule has 0 saturated carbocycles. The van der Waals surface area contributed by atoms with Crippen molar-refractivity contribution < 1.29 is 13.7 Å². The van der Waals surface area contributed by atoms with E-state index in [0.29, 0.717) is 16.6 Å². The predicted octanol–water partition coefficient (Wildman–Crippen LogP) is 4.91. The number of carbonyl (C=O) groups excluding carboxylic acids is 1. The topological polar surface area (TPSA) is 80.9 Å². The van der Waals surface area contributed by atoms with Gasteiger partial charge in [-0.25, -0.2) is 14.4 Å². The number of thiophene rings is 1. The Balaban J connectivity index is 1.62. The fourth-order valence-corrected chi connectivity index (χ4v) is 4.56. The van der Waals surface area contributed by atoms with E-state index in [1.165, 1.54) is 41.6 Å². The van der Waals surface area contributed by atoms with Crippen LogP contribution < -0.4 is 5.32 Å². The molecule has 1 atom stereocenters. The third kappa shape index (κ3) is 3.76. The van der Waals surface area contributed by atoms with E-state index in [4.69, 9.17) is 4.52 Å². The van der Waals surface area contributed by atoms with Crippen molar-refractivity contribution in [1.29, 1.82) is 0 Å². The summed E-state index contributed by atoms with van der Waals surface area (Å²) in [6, 6.07) is 7.95. The molecule has 28 heavy (non-hydrogen) atoms. The Morgan fingerprint density at radius 1 is 1.29 bits per heavy atom. The maximum Gasteiger partial charge on any atom is 0.240 e. The van der Waals surface area contributed by atoms with Crippen molar-refractivity contribution in [2.45, 2.75) is 24.1 Å². The summed E-state index contributed by atoms with van der Waals surface area (Å²) in [6.07, 6.45) is 1.49. The number of anilines is 1. The zero-order valence-corrected chi connectivity index (χ0v) is 16.6. The number of aryl methyl sites for hydroxylation is 1. The Morgan fingerprint density at radius 3 is 2.79 bits per heavy atom. The molecule has 0 unspecified atom stereocenters. The average Bonchev–Trinajstić information content (AvgIpc) is 3.29. The van der Waals surface area contributed by atoms with Crippen LogP contribution in [0.3, 0.4) is 0 Å². The van der Waals surface area contributed by atoms with Crippen LogP contribution in [-0.2, 0) is 4.79 Å². The first-order chi connectivity index (χ1) is 13.5. The van der Waals surface area contributed by atoms with E-state index >= 15 is 0 Å². The lowest BCUT2D eigenvalue weighted by atomic mass is 10.1. The van der Waals surface area contributed by atoms with Gasteiger partial charge in [0, 0.05) is 17.0 Å². The van der Waals surface area contributed by atoms with E-state index in [1.807, 2.05) is 5.38 Å². The number of rotatable bonds is 5. The number of nitrogens with one attached hydrogen (secondary N) is 1. The lowest BCUT2D eigenvalue weighted by molar-refractivity contribution is -0.115. The molecule has 0 aliphatic carbocycles. The second-order valence-electron chi connectivity index (χ2n) is 6.10. The Bertz CT molecular complexity index is 1140. The first kappa shape index (κ1) is 18.6. The van der Waals surface area contributed by atoms with Gasteiger partial charge in [0.25, 0.3) is 0 Å². The molecule has 0 spiro atoms. The van der Waals surface area contributed by atoms with Gasteiger partial charge in [-0.05, 0) is 31.5 Å². The number of nitrogens with zero attached hydrogens (tertiary/aromatic N) is 3. The highest BCUT2D eigenvalue weighted by molar-refractivity contribution is 8.00. The summed E-state index contributed by atoms with van der Waals surface area (Å²) in [5.41, 5.74) is 2.48. The van der Waals surface area contributed by atoms with Gasteiger partial charge < -0.3 is 4.52 Å². The lowest BCUT2D eigenvalue weighted by Gasteiger charge is -2.11. The standard InChI is InChI=1S/C19H15FN4O2S2/c1-10-7-15(26-24-10)23-17(25)11(2)28-19-16-14(8-27-18(16)21-9-22-19)12-3-5-13(20)6-4-12/h3-9,11H,1-2H3,(H,23,25)/t11-/m1/s1. The number of aromatic nitrogens is 3. The molecular formula is C19H15FN4O2S2. The molecule has 0 bridgehead atoms. The van der Waals surface area contributed by atoms with Gasteiger partial charge in [-0.15, -0.1) is 11.3 Å². The number of amides is 1. The molecule has 4 rings (SSSR count). The second-order valence-corrected chi connectivity index (χ2v) is 8.28. The van der Waals surface area contributed by atoms with Gasteiger partial charge in [-0.2, -0.15) is 0 Å². The van der Waals surface area contributed by atoms with Gasteiger partial charge in [-0.3, -0.25) is 10.1 Å². The van der Waals surface area contributed by atoms with Crippen LogP contribution >= 0.6 is 23.1 Å². The number of hydrogen-bond donors (Lipinski definition) is 1. The van der Waals surface area contributed by atoms with Crippen LogP contribution in [-0.4, -0.2) is 26.3 Å². The smallest absolute Gasteiger partial charge is 0.240 e. The molecule has 9 heteroatoms. The van der Waals surface area contributed by atoms with E-state index in [0.717, 1.165) is 21.3 Å². The van der Waals surface area contributed by atoms with Crippen molar-refractivity contribution in [2.24, 2.45) is 0 Å². The quantitative estimate of drug-likeness (QED) is 0.369. The highest BCUT2D eigenvalue weighted by Gasteiger charge is 2.21. The zero-order chi connectivity index (χ0) is 19.7. The molecule has 3 aromatic heterocycles. The molecule has 0 fully saturated rings. The normalized spacial score (nSPS) is 12.2. The Labute approximate surface area is 168 Å². The van der Waals surface area contributed by atoms with Crippen LogP contribution in [0.2, 0.25) is 0 Å². The van der Waals surface area contributed by atoms with Gasteiger partial charge in [0.15, 0.2) is 0 Å². The van der Waals surface area contributed by atoms with Crippen LogP contribution in [0, 0.1) is 12.7 Å². The van der Waals surface area contributed by atoms with Gasteiger partial charge >= 0.3 is 0 Å². The molecule has 6 nitrogen and oxygen atoms in total. The summed E-state index contributed by atoms with van der Waals surface area (Å²) >= 11 is 2.82. The van der Waals surface area contributed by atoms with Crippen LogP contribution in [0.5, 0.6) is 0 Å². The minimum atomic E-state index is -0.426. The minimum absolute atomic E-state index is 0.216. The van der Waals surface area contributed by atoms with E-state index in [2.05, 4.69) is 20.4 Å². The van der Waals surface area contributed by atoms with E-state index in [-0.39, 0.29) is 11.7 Å². The summed E-state index contributed by atoms with van der Waals surface area (Å²) in [5, 5.41) is 9.56. The Morgan fingerprint density at radius 2 is 2.07 bits per heavy atom. The lowest BCUT2D eigenvalue weighted by Crippen LogP contribution is -2.22. The van der Waals surface area contributed by atoms with Crippen molar-refractivity contribution in [3.8, 4) is 11.1 Å². The Kier molecular flexibility index (Phi) is 5.10. The van der Waals surface area contributed by atoms with Crippen LogP contribution in [0.4, 0.5) is 10.3 Å². The van der Waals surface area contributed by atoms with Crippen molar-refractivity contribution in [3.05, 3.63) is 53.6 Å². The van der Waals surface area contributed by atoms with E-state index in [9.17, 15) is 9.18 Å². The predicted molar refractivity (Wildman–Crippen MR) is 108 cm³/mol. The van der Waals surface area contributed by atoms with Crippen molar-refractivity contribution >= 4 is 45.1 Å². The molecule has 0 saturated heterocycles. The minimum Gasteiger partial charge on any atom is -0.338 e. The summed E-state index contributed by atoms with van der Waals surface area (Å²) in [4.78, 5) is 22.0. The summed E-state index contributed by atoms with van der Waals surface area (Å²) in [5.74, 6) is -0.195. The molecule has 0 aliphatic heterocycles. The number of hydrogen-bond acceptors (Lipinski definition) is 7. The number of fused-ring (bicyclic) bond motifs is 1. The van der Waals surface area contributed by atoms with Crippen molar-refractivity contribution in [3.63, 3.8) is 0 Å². The van der Waals surface area contributed by atoms with E-state index < -0.39 is 5.25 Å². The number of halogens is 1. The van der Waals surface area contributed by atoms with Gasteiger partial charge in [0.2, 0.25) is 11.8 Å². The molecule has 1 amide bonds. The molecule has 1 aromatic carbocycles. The summed E-state index contributed by atoms with van der Waals surface area (Å²) in [6.45, 7) is 3.57. The van der Waals surface area contributed by atoms with Crippen molar-refractivity contribution in [2.75, 3.05) is 5.32 Å². The monoisotopic (exact) mass is 414 g/mol. The second kappa shape index (κ2) is 7.69. The highest BCUT2D eigenvalue weighted by Crippen LogP contribution is 2.39. The van der Waals surface area contributed by atoms with Crippen LogP contribution in [0.1, 0.15) is 12.6 Å². The zero-order valence-electron chi connectivity index (χ0n) is 15.0. The molecule has 142 valence electrons. The maximum atomic E-state index is 13.3. The van der Waals surface area contributed by atoms with Gasteiger partial charge in [-0.1, -0.05) is 29.1 Å². The van der Waals surface area contributed by atoms with Crippen LogP contribution in [0.25, 0.3) is 21.3 Å². The largest absolute Gasteiger partial charge is 0.338 e. The third-order valence-electron chi connectivity index (χ3n) is 4.02. The van der Waals surface area contributed by atoms with E-state index in [1.54, 1.807) is 32.0 Å². The first-order valence-electron chi connectivity index (χ1n) is 8.40. The third-order valence-corrected chi connectivity index (χ3v) is 6.01. The van der Waals surface area contributed by atoms with Crippen molar-refractivity contribution in [1.82, 2.24) is 15.1 Å². The van der Waals surface area contributed by atoms with Gasteiger partial charge in [0.05, 0.1) is 16.3 Å². The molecule has 3 heterocycles. The molecule has 0 aliphatic rings. The SMILES string of the molecule is Cc1cc(NC(=O)[C@@H](C)Sc2ncnc3scc(-c4ccc(F)cc4)c23)on1. The number of thioether (sulfide) groups is 1. The summed E-state index contributed by atoms with van der Waals surface area (Å²) in [7, 11) is 0. The Hall–Kier alpha value is -2.78. The molecular weight excluding hydrogens is 399 g/mol. The number of carbonyl (C=O) groups is 1. The maximum absolute atomic E-state index is 13.3.